The Labute approximate surface area is 184 Å². The second kappa shape index (κ2) is 10.3. The van der Waals surface area contributed by atoms with Gasteiger partial charge >= 0.3 is 5.69 Å². The van der Waals surface area contributed by atoms with Crippen molar-refractivity contribution < 1.29 is 23.9 Å². The summed E-state index contributed by atoms with van der Waals surface area (Å²) < 4.78 is 18.2. The average Bonchev–Trinajstić information content (AvgIpc) is 3.17. The Balaban J connectivity index is 1.63. The number of aromatic nitrogens is 2. The Bertz CT molecular complexity index is 1090. The first-order valence-electron chi connectivity index (χ1n) is 10.0. The van der Waals surface area contributed by atoms with Gasteiger partial charge in [0.05, 0.1) is 18.1 Å². The van der Waals surface area contributed by atoms with Crippen LogP contribution in [-0.2, 0) is 13.7 Å². The number of nitrogens with one attached hydrogen (secondary N) is 1. The number of benzene rings is 2. The van der Waals surface area contributed by atoms with Gasteiger partial charge in [-0.25, -0.2) is 0 Å². The van der Waals surface area contributed by atoms with E-state index < -0.39 is 10.8 Å². The number of carbonyl (C=O) groups excluding carboxylic acids is 1. The van der Waals surface area contributed by atoms with Crippen molar-refractivity contribution in [3.63, 3.8) is 0 Å². The summed E-state index contributed by atoms with van der Waals surface area (Å²) in [6.45, 7) is 5.22. The smallest absolute Gasteiger partial charge is 0.320 e. The molecule has 10 nitrogen and oxygen atoms in total. The van der Waals surface area contributed by atoms with Crippen molar-refractivity contribution >= 4 is 17.3 Å². The van der Waals surface area contributed by atoms with Gasteiger partial charge in [0.15, 0.2) is 11.5 Å². The lowest BCUT2D eigenvalue weighted by Gasteiger charge is -2.13. The van der Waals surface area contributed by atoms with Gasteiger partial charge in [0.2, 0.25) is 5.69 Å². The molecule has 0 saturated heterocycles. The van der Waals surface area contributed by atoms with Crippen LogP contribution in [0.15, 0.2) is 48.7 Å². The van der Waals surface area contributed by atoms with E-state index in [-0.39, 0.29) is 11.4 Å². The molecule has 10 heteroatoms. The van der Waals surface area contributed by atoms with Crippen molar-refractivity contribution in [2.24, 2.45) is 7.05 Å². The van der Waals surface area contributed by atoms with E-state index in [0.717, 1.165) is 16.4 Å². The quantitative estimate of drug-likeness (QED) is 0.374. The summed E-state index contributed by atoms with van der Waals surface area (Å²) in [5.74, 6) is 1.33. The summed E-state index contributed by atoms with van der Waals surface area (Å²) in [5, 5.41) is 17.5. The van der Waals surface area contributed by atoms with Crippen LogP contribution in [0.3, 0.4) is 0 Å². The van der Waals surface area contributed by atoms with Crippen molar-refractivity contribution in [1.82, 2.24) is 9.78 Å². The van der Waals surface area contributed by atoms with Crippen molar-refractivity contribution in [2.75, 3.05) is 18.5 Å². The van der Waals surface area contributed by atoms with Gasteiger partial charge in [-0.2, -0.15) is 5.10 Å². The summed E-state index contributed by atoms with van der Waals surface area (Å²) in [6, 6.07) is 12.3. The fraction of sp³-hybridized carbons (Fsp3) is 0.273. The van der Waals surface area contributed by atoms with Gasteiger partial charge in [0.25, 0.3) is 5.91 Å². The monoisotopic (exact) mass is 440 g/mol. The lowest BCUT2D eigenvalue weighted by molar-refractivity contribution is -0.385. The molecule has 0 unspecified atom stereocenters. The molecule has 168 valence electrons. The van der Waals surface area contributed by atoms with Crippen LogP contribution in [0.25, 0.3) is 0 Å². The minimum atomic E-state index is -0.642. The molecular weight excluding hydrogens is 416 g/mol. The van der Waals surface area contributed by atoms with E-state index in [9.17, 15) is 14.9 Å². The molecule has 0 spiro atoms. The van der Waals surface area contributed by atoms with Crippen LogP contribution in [0.4, 0.5) is 11.4 Å². The van der Waals surface area contributed by atoms with E-state index in [2.05, 4.69) is 10.4 Å². The van der Waals surface area contributed by atoms with E-state index in [1.54, 1.807) is 24.3 Å². The van der Waals surface area contributed by atoms with Crippen LogP contribution in [0.2, 0.25) is 0 Å². The first kappa shape index (κ1) is 22.6. The maximum Gasteiger partial charge on any atom is 0.320 e. The maximum atomic E-state index is 12.4. The van der Waals surface area contributed by atoms with Gasteiger partial charge in [-0.1, -0.05) is 6.07 Å². The van der Waals surface area contributed by atoms with Gasteiger partial charge in [-0.05, 0) is 55.8 Å². The number of hydrogen-bond acceptors (Lipinski definition) is 7. The molecule has 3 rings (SSSR count). The third-order valence-electron chi connectivity index (χ3n) is 4.46. The molecule has 0 saturated carbocycles. The van der Waals surface area contributed by atoms with E-state index in [1.165, 1.54) is 7.05 Å². The molecule has 3 aromatic rings. The average molecular weight is 440 g/mol. The lowest BCUT2D eigenvalue weighted by atomic mass is 10.2. The SMILES string of the molecule is CCOc1ccc(COc2ccc(NC(=O)c3c([N+](=O)[O-])cnn3C)cc2)cc1OCC. The van der Waals surface area contributed by atoms with Crippen LogP contribution in [0.5, 0.6) is 17.2 Å². The highest BCUT2D eigenvalue weighted by Gasteiger charge is 2.25. The normalized spacial score (nSPS) is 10.5. The third kappa shape index (κ3) is 5.34. The summed E-state index contributed by atoms with van der Waals surface area (Å²) in [5.41, 5.74) is 0.901. The van der Waals surface area contributed by atoms with Gasteiger partial charge in [0.1, 0.15) is 18.6 Å². The molecule has 32 heavy (non-hydrogen) atoms. The van der Waals surface area contributed by atoms with Crippen LogP contribution in [0.1, 0.15) is 29.9 Å². The first-order valence-corrected chi connectivity index (χ1v) is 10.0. The highest BCUT2D eigenvalue weighted by atomic mass is 16.6. The largest absolute Gasteiger partial charge is 0.490 e. The Morgan fingerprint density at radius 1 is 1.06 bits per heavy atom. The van der Waals surface area contributed by atoms with Gasteiger partial charge in [-0.15, -0.1) is 0 Å². The van der Waals surface area contributed by atoms with Crippen LogP contribution in [-0.4, -0.2) is 33.8 Å². The number of anilines is 1. The van der Waals surface area contributed by atoms with Crippen molar-refractivity contribution in [3.05, 3.63) is 70.0 Å². The van der Waals surface area contributed by atoms with Crippen molar-refractivity contribution in [3.8, 4) is 17.2 Å². The Morgan fingerprint density at radius 3 is 2.41 bits per heavy atom. The first-order chi connectivity index (χ1) is 15.4. The maximum absolute atomic E-state index is 12.4. The molecule has 0 bridgehead atoms. The topological polar surface area (TPSA) is 118 Å². The molecule has 0 aliphatic carbocycles. The molecule has 0 fully saturated rings. The minimum Gasteiger partial charge on any atom is -0.490 e. The second-order valence-electron chi connectivity index (χ2n) is 6.67. The minimum absolute atomic E-state index is 0.129. The molecule has 1 amide bonds. The molecule has 0 aliphatic rings. The summed E-state index contributed by atoms with van der Waals surface area (Å²) in [4.78, 5) is 22.9. The van der Waals surface area contributed by atoms with Gasteiger partial charge in [0, 0.05) is 12.7 Å². The Kier molecular flexibility index (Phi) is 7.27. The molecule has 0 radical (unpaired) electrons. The predicted octanol–water partition coefficient (Wildman–Crippen LogP) is 3.96. The molecule has 0 atom stereocenters. The number of rotatable bonds is 10. The van der Waals surface area contributed by atoms with Crippen LogP contribution >= 0.6 is 0 Å². The number of hydrogen-bond donors (Lipinski definition) is 1. The zero-order valence-corrected chi connectivity index (χ0v) is 18.0. The van der Waals surface area contributed by atoms with E-state index >= 15 is 0 Å². The van der Waals surface area contributed by atoms with Gasteiger partial charge < -0.3 is 19.5 Å². The molecular formula is C22H24N4O6. The van der Waals surface area contributed by atoms with Gasteiger partial charge in [-0.3, -0.25) is 19.6 Å². The standard InChI is InChI=1S/C22H24N4O6/c1-4-30-19-11-6-15(12-20(19)31-5-2)14-32-17-9-7-16(8-10-17)24-22(27)21-18(26(28)29)13-23-25(21)3/h6-13H,4-5,14H2,1-3H3,(H,24,27). The van der Waals surface area contributed by atoms with Crippen molar-refractivity contribution in [1.29, 1.82) is 0 Å². The van der Waals surface area contributed by atoms with E-state index in [1.807, 2.05) is 32.0 Å². The van der Waals surface area contributed by atoms with E-state index in [0.29, 0.717) is 42.8 Å². The molecule has 0 aliphatic heterocycles. The molecule has 1 aromatic heterocycles. The summed E-state index contributed by atoms with van der Waals surface area (Å²) >= 11 is 0. The number of nitro groups is 1. The number of ether oxygens (including phenoxy) is 3. The molecule has 1 N–H and O–H groups in total. The second-order valence-corrected chi connectivity index (χ2v) is 6.67. The number of amides is 1. The molecule has 1 heterocycles. The highest BCUT2D eigenvalue weighted by Crippen LogP contribution is 2.29. The number of nitrogens with zero attached hydrogens (tertiary/aromatic N) is 3. The number of aryl methyl sites for hydroxylation is 1. The Hall–Kier alpha value is -4.08. The fourth-order valence-electron chi connectivity index (χ4n) is 3.00. The zero-order valence-electron chi connectivity index (χ0n) is 18.0. The van der Waals surface area contributed by atoms with Crippen LogP contribution in [0, 0.1) is 10.1 Å². The summed E-state index contributed by atoms with van der Waals surface area (Å²) in [7, 11) is 1.47. The van der Waals surface area contributed by atoms with E-state index in [4.69, 9.17) is 14.2 Å². The Morgan fingerprint density at radius 2 is 1.75 bits per heavy atom. The summed E-state index contributed by atoms with van der Waals surface area (Å²) in [6.07, 6.45) is 1.05. The lowest BCUT2D eigenvalue weighted by Crippen LogP contribution is -2.17. The van der Waals surface area contributed by atoms with Crippen LogP contribution < -0.4 is 19.5 Å². The molecule has 2 aromatic carbocycles. The number of carbonyl (C=O) groups is 1. The third-order valence-corrected chi connectivity index (χ3v) is 4.46. The highest BCUT2D eigenvalue weighted by molar-refractivity contribution is 6.05. The predicted molar refractivity (Wildman–Crippen MR) is 117 cm³/mol. The fourth-order valence-corrected chi connectivity index (χ4v) is 3.00. The van der Waals surface area contributed by atoms with Crippen molar-refractivity contribution in [2.45, 2.75) is 20.5 Å². The zero-order chi connectivity index (χ0) is 23.1.